The largest absolute Gasteiger partial charge is 0.294 e. The van der Waals surface area contributed by atoms with Gasteiger partial charge in [0, 0.05) is 17.3 Å². The van der Waals surface area contributed by atoms with Crippen LogP contribution < -0.4 is 0 Å². The number of halogens is 2. The lowest BCUT2D eigenvalue weighted by atomic mass is 10.1. The molecule has 0 aliphatic carbocycles. The van der Waals surface area contributed by atoms with Crippen molar-refractivity contribution in [3.63, 3.8) is 0 Å². The highest BCUT2D eigenvalue weighted by Gasteiger charge is 2.15. The Labute approximate surface area is 122 Å². The summed E-state index contributed by atoms with van der Waals surface area (Å²) >= 11 is 5.69. The number of hydrogen-bond acceptors (Lipinski definition) is 2. The molecule has 0 bridgehead atoms. The first kappa shape index (κ1) is 14.7. The van der Waals surface area contributed by atoms with Crippen molar-refractivity contribution in [1.82, 2.24) is 9.78 Å². The highest BCUT2D eigenvalue weighted by Crippen LogP contribution is 2.17. The summed E-state index contributed by atoms with van der Waals surface area (Å²) in [5, 5.41) is 4.66. The SMILES string of the molecule is CCc1cc(CC(=O)c2ccc(Cl)cc2F)n(CC)n1. The first-order chi connectivity index (χ1) is 9.55. The molecule has 0 atom stereocenters. The third-order valence-corrected chi connectivity index (χ3v) is 3.38. The Morgan fingerprint density at radius 3 is 2.70 bits per heavy atom. The third kappa shape index (κ3) is 3.07. The number of hydrogen-bond donors (Lipinski definition) is 0. The van der Waals surface area contributed by atoms with Crippen LogP contribution in [0.1, 0.15) is 35.6 Å². The number of rotatable bonds is 5. The molecular formula is C15H16ClFN2O. The van der Waals surface area contributed by atoms with E-state index in [4.69, 9.17) is 11.6 Å². The number of benzene rings is 1. The first-order valence-electron chi connectivity index (χ1n) is 6.59. The van der Waals surface area contributed by atoms with Crippen LogP contribution in [0.5, 0.6) is 0 Å². The van der Waals surface area contributed by atoms with Gasteiger partial charge in [-0.05, 0) is 37.6 Å². The predicted molar refractivity (Wildman–Crippen MR) is 76.7 cm³/mol. The Kier molecular flexibility index (Phi) is 4.55. The van der Waals surface area contributed by atoms with Crippen LogP contribution in [-0.4, -0.2) is 15.6 Å². The van der Waals surface area contributed by atoms with Crippen LogP contribution in [-0.2, 0) is 19.4 Å². The molecule has 20 heavy (non-hydrogen) atoms. The van der Waals surface area contributed by atoms with Crippen LogP contribution in [0.25, 0.3) is 0 Å². The van der Waals surface area contributed by atoms with E-state index in [1.54, 1.807) is 4.68 Å². The van der Waals surface area contributed by atoms with Gasteiger partial charge in [0.05, 0.1) is 17.7 Å². The van der Waals surface area contributed by atoms with Crippen molar-refractivity contribution in [2.24, 2.45) is 0 Å². The fourth-order valence-corrected chi connectivity index (χ4v) is 2.24. The molecular weight excluding hydrogens is 279 g/mol. The Hall–Kier alpha value is -1.68. The van der Waals surface area contributed by atoms with E-state index in [2.05, 4.69) is 5.10 Å². The van der Waals surface area contributed by atoms with E-state index in [1.165, 1.54) is 12.1 Å². The number of carbonyl (C=O) groups is 1. The van der Waals surface area contributed by atoms with E-state index in [-0.39, 0.29) is 22.8 Å². The molecule has 0 saturated carbocycles. The van der Waals surface area contributed by atoms with Crippen LogP contribution in [0.3, 0.4) is 0 Å². The molecule has 0 amide bonds. The Bertz CT molecular complexity index is 637. The standard InChI is InChI=1S/C15H16ClFN2O/c1-3-11-8-12(19(4-2)18-11)9-15(20)13-6-5-10(16)7-14(13)17/h5-8H,3-4,9H2,1-2H3. The average Bonchev–Trinajstić information content (AvgIpc) is 2.80. The highest BCUT2D eigenvalue weighted by atomic mass is 35.5. The molecule has 0 aliphatic rings. The minimum absolute atomic E-state index is 0.0660. The molecule has 106 valence electrons. The third-order valence-electron chi connectivity index (χ3n) is 3.15. The summed E-state index contributed by atoms with van der Waals surface area (Å²) in [6.07, 6.45) is 0.947. The zero-order valence-corrected chi connectivity index (χ0v) is 12.2. The van der Waals surface area contributed by atoms with Crippen molar-refractivity contribution in [3.8, 4) is 0 Å². The lowest BCUT2D eigenvalue weighted by molar-refractivity contribution is 0.0986. The van der Waals surface area contributed by atoms with E-state index >= 15 is 0 Å². The summed E-state index contributed by atoms with van der Waals surface area (Å²) in [6, 6.07) is 6.00. The normalized spacial score (nSPS) is 10.8. The molecule has 0 radical (unpaired) electrons. The van der Waals surface area contributed by atoms with Gasteiger partial charge in [0.15, 0.2) is 5.78 Å². The number of aryl methyl sites for hydroxylation is 2. The van der Waals surface area contributed by atoms with Gasteiger partial charge in [0.2, 0.25) is 0 Å². The van der Waals surface area contributed by atoms with Gasteiger partial charge in [-0.25, -0.2) is 4.39 Å². The van der Waals surface area contributed by atoms with Crippen molar-refractivity contribution in [1.29, 1.82) is 0 Å². The molecule has 2 aromatic rings. The minimum atomic E-state index is -0.583. The summed E-state index contributed by atoms with van der Waals surface area (Å²) in [5.74, 6) is -0.850. The molecule has 0 unspecified atom stereocenters. The van der Waals surface area contributed by atoms with Crippen LogP contribution >= 0.6 is 11.6 Å². The molecule has 2 rings (SSSR count). The monoisotopic (exact) mass is 294 g/mol. The summed E-state index contributed by atoms with van der Waals surface area (Å²) in [4.78, 5) is 12.2. The lowest BCUT2D eigenvalue weighted by Crippen LogP contribution is -2.11. The highest BCUT2D eigenvalue weighted by molar-refractivity contribution is 6.30. The van der Waals surface area contributed by atoms with E-state index in [0.717, 1.165) is 23.9 Å². The van der Waals surface area contributed by atoms with Gasteiger partial charge >= 0.3 is 0 Å². The van der Waals surface area contributed by atoms with E-state index in [1.807, 2.05) is 19.9 Å². The smallest absolute Gasteiger partial charge is 0.171 e. The fourth-order valence-electron chi connectivity index (χ4n) is 2.08. The van der Waals surface area contributed by atoms with Crippen molar-refractivity contribution >= 4 is 17.4 Å². The molecule has 1 aromatic heterocycles. The summed E-state index contributed by atoms with van der Waals surface area (Å²) in [6.45, 7) is 4.65. The second-order valence-electron chi connectivity index (χ2n) is 4.52. The molecule has 0 aliphatic heterocycles. The minimum Gasteiger partial charge on any atom is -0.294 e. The van der Waals surface area contributed by atoms with Crippen molar-refractivity contribution in [2.75, 3.05) is 0 Å². The molecule has 0 N–H and O–H groups in total. The van der Waals surface area contributed by atoms with Gasteiger partial charge in [-0.1, -0.05) is 18.5 Å². The van der Waals surface area contributed by atoms with Gasteiger partial charge in [-0.15, -0.1) is 0 Å². The van der Waals surface area contributed by atoms with E-state index in [0.29, 0.717) is 6.54 Å². The van der Waals surface area contributed by atoms with Crippen LogP contribution in [0.4, 0.5) is 4.39 Å². The van der Waals surface area contributed by atoms with Crippen molar-refractivity contribution in [3.05, 3.63) is 52.1 Å². The maximum absolute atomic E-state index is 13.7. The second kappa shape index (κ2) is 6.18. The Morgan fingerprint density at radius 1 is 1.35 bits per heavy atom. The molecule has 3 nitrogen and oxygen atoms in total. The number of Topliss-reactive ketones (excluding diaryl/α,β-unsaturated/α-hetero) is 1. The molecule has 0 saturated heterocycles. The molecule has 0 fully saturated rings. The molecule has 1 aromatic carbocycles. The van der Waals surface area contributed by atoms with E-state index < -0.39 is 5.82 Å². The zero-order chi connectivity index (χ0) is 14.7. The lowest BCUT2D eigenvalue weighted by Gasteiger charge is -2.05. The topological polar surface area (TPSA) is 34.9 Å². The van der Waals surface area contributed by atoms with Gasteiger partial charge in [0.1, 0.15) is 5.82 Å². The summed E-state index contributed by atoms with van der Waals surface area (Å²) < 4.78 is 15.5. The number of nitrogens with zero attached hydrogens (tertiary/aromatic N) is 2. The van der Waals surface area contributed by atoms with Gasteiger partial charge in [0.25, 0.3) is 0 Å². The van der Waals surface area contributed by atoms with Crippen molar-refractivity contribution < 1.29 is 9.18 Å². The second-order valence-corrected chi connectivity index (χ2v) is 4.96. The van der Waals surface area contributed by atoms with Crippen molar-refractivity contribution in [2.45, 2.75) is 33.2 Å². The van der Waals surface area contributed by atoms with Gasteiger partial charge in [-0.3, -0.25) is 9.48 Å². The Morgan fingerprint density at radius 2 is 2.10 bits per heavy atom. The number of carbonyl (C=O) groups excluding carboxylic acids is 1. The van der Waals surface area contributed by atoms with E-state index in [9.17, 15) is 9.18 Å². The number of aromatic nitrogens is 2. The average molecular weight is 295 g/mol. The van der Waals surface area contributed by atoms with Crippen LogP contribution in [0.2, 0.25) is 5.02 Å². The quantitative estimate of drug-likeness (QED) is 0.788. The first-order valence-corrected chi connectivity index (χ1v) is 6.96. The van der Waals surface area contributed by atoms with Crippen LogP contribution in [0, 0.1) is 5.82 Å². The van der Waals surface area contributed by atoms with Crippen LogP contribution in [0.15, 0.2) is 24.3 Å². The summed E-state index contributed by atoms with van der Waals surface area (Å²) in [7, 11) is 0. The fraction of sp³-hybridized carbons (Fsp3) is 0.333. The zero-order valence-electron chi connectivity index (χ0n) is 11.5. The molecule has 5 heteroatoms. The summed E-state index contributed by atoms with van der Waals surface area (Å²) in [5.41, 5.74) is 1.81. The molecule has 1 heterocycles. The Balaban J connectivity index is 2.25. The maximum atomic E-state index is 13.7. The predicted octanol–water partition coefficient (Wildman–Crippen LogP) is 3.68. The number of ketones is 1. The maximum Gasteiger partial charge on any atom is 0.171 e. The van der Waals surface area contributed by atoms with Gasteiger partial charge in [-0.2, -0.15) is 5.10 Å². The van der Waals surface area contributed by atoms with Gasteiger partial charge < -0.3 is 0 Å². The molecule has 0 spiro atoms.